The van der Waals surface area contributed by atoms with Crippen molar-refractivity contribution in [3.05, 3.63) is 29.3 Å². The summed E-state index contributed by atoms with van der Waals surface area (Å²) in [6, 6.07) is 7.69. The lowest BCUT2D eigenvalue weighted by Gasteiger charge is -2.10. The fourth-order valence-electron chi connectivity index (χ4n) is 1.08. The van der Waals surface area contributed by atoms with Gasteiger partial charge in [-0.15, -0.1) is 0 Å². The van der Waals surface area contributed by atoms with Crippen molar-refractivity contribution in [2.45, 2.75) is 20.0 Å². The monoisotopic (exact) mass is 213 g/mol. The number of ether oxygens (including phenoxy) is 1. The van der Waals surface area contributed by atoms with Gasteiger partial charge in [0, 0.05) is 6.54 Å². The molecule has 0 saturated carbocycles. The van der Waals surface area contributed by atoms with Crippen LogP contribution >= 0.6 is 11.6 Å². The van der Waals surface area contributed by atoms with E-state index in [1.807, 2.05) is 38.1 Å². The molecule has 0 radical (unpaired) electrons. The van der Waals surface area contributed by atoms with E-state index in [2.05, 4.69) is 5.32 Å². The minimum atomic E-state index is 0.281. The third-order valence-corrected chi connectivity index (χ3v) is 2.07. The molecule has 0 atom stereocenters. The second kappa shape index (κ2) is 5.89. The summed E-state index contributed by atoms with van der Waals surface area (Å²) in [4.78, 5) is 0. The van der Waals surface area contributed by atoms with Gasteiger partial charge in [0.15, 0.2) is 0 Å². The second-order valence-corrected chi connectivity index (χ2v) is 3.73. The third kappa shape index (κ3) is 3.99. The number of benzene rings is 1. The molecule has 1 aromatic carbocycles. The molecular formula is C11H16ClNO. The van der Waals surface area contributed by atoms with Crippen LogP contribution in [0.3, 0.4) is 0 Å². The molecule has 1 aromatic rings. The standard InChI is InChI=1S/C11H16ClNO/c1-9(2)14-8-7-13-11-6-4-3-5-10(11)12/h3-6,9,13H,7-8H2,1-2H3. The first kappa shape index (κ1) is 11.3. The highest BCUT2D eigenvalue weighted by molar-refractivity contribution is 6.33. The summed E-state index contributed by atoms with van der Waals surface area (Å²) >= 11 is 5.96. The van der Waals surface area contributed by atoms with Crippen molar-refractivity contribution in [2.24, 2.45) is 0 Å². The third-order valence-electron chi connectivity index (χ3n) is 1.74. The maximum atomic E-state index is 5.96. The van der Waals surface area contributed by atoms with Crippen LogP contribution in [0.1, 0.15) is 13.8 Å². The lowest BCUT2D eigenvalue weighted by atomic mass is 10.3. The van der Waals surface area contributed by atoms with Crippen molar-refractivity contribution in [1.82, 2.24) is 0 Å². The number of halogens is 1. The zero-order valence-corrected chi connectivity index (χ0v) is 9.34. The molecule has 0 spiro atoms. The Morgan fingerprint density at radius 1 is 1.36 bits per heavy atom. The maximum Gasteiger partial charge on any atom is 0.0642 e. The molecule has 0 heterocycles. The first-order chi connectivity index (χ1) is 6.70. The molecule has 1 rings (SSSR count). The SMILES string of the molecule is CC(C)OCCNc1ccccc1Cl. The minimum Gasteiger partial charge on any atom is -0.382 e. The van der Waals surface area contributed by atoms with E-state index in [4.69, 9.17) is 16.3 Å². The molecule has 0 aromatic heterocycles. The molecule has 78 valence electrons. The number of rotatable bonds is 5. The van der Waals surface area contributed by atoms with E-state index in [0.717, 1.165) is 17.3 Å². The summed E-state index contributed by atoms with van der Waals surface area (Å²) in [6.07, 6.45) is 0.281. The van der Waals surface area contributed by atoms with Gasteiger partial charge in [-0.05, 0) is 26.0 Å². The second-order valence-electron chi connectivity index (χ2n) is 3.33. The smallest absolute Gasteiger partial charge is 0.0642 e. The van der Waals surface area contributed by atoms with Crippen LogP contribution in [-0.4, -0.2) is 19.3 Å². The minimum absolute atomic E-state index is 0.281. The first-order valence-electron chi connectivity index (χ1n) is 4.80. The summed E-state index contributed by atoms with van der Waals surface area (Å²) in [7, 11) is 0. The highest BCUT2D eigenvalue weighted by atomic mass is 35.5. The van der Waals surface area contributed by atoms with Crippen LogP contribution in [0, 0.1) is 0 Å². The molecule has 0 unspecified atom stereocenters. The van der Waals surface area contributed by atoms with Crippen LogP contribution in [0.4, 0.5) is 5.69 Å². The van der Waals surface area contributed by atoms with Gasteiger partial charge in [0.2, 0.25) is 0 Å². The largest absolute Gasteiger partial charge is 0.382 e. The van der Waals surface area contributed by atoms with E-state index in [-0.39, 0.29) is 6.10 Å². The molecule has 0 amide bonds. The Kier molecular flexibility index (Phi) is 4.77. The molecule has 3 heteroatoms. The van der Waals surface area contributed by atoms with E-state index in [0.29, 0.717) is 6.61 Å². The Hall–Kier alpha value is -0.730. The number of para-hydroxylation sites is 1. The van der Waals surface area contributed by atoms with E-state index in [1.54, 1.807) is 0 Å². The fraction of sp³-hybridized carbons (Fsp3) is 0.455. The van der Waals surface area contributed by atoms with Crippen LogP contribution in [0.15, 0.2) is 24.3 Å². The molecule has 0 fully saturated rings. The predicted molar refractivity (Wildman–Crippen MR) is 61.0 cm³/mol. The number of hydrogen-bond acceptors (Lipinski definition) is 2. The van der Waals surface area contributed by atoms with Crippen LogP contribution in [0.25, 0.3) is 0 Å². The predicted octanol–water partition coefficient (Wildman–Crippen LogP) is 3.18. The summed E-state index contributed by atoms with van der Waals surface area (Å²) < 4.78 is 5.40. The number of hydrogen-bond donors (Lipinski definition) is 1. The van der Waals surface area contributed by atoms with Crippen molar-refractivity contribution in [1.29, 1.82) is 0 Å². The van der Waals surface area contributed by atoms with Gasteiger partial charge in [-0.2, -0.15) is 0 Å². The normalized spacial score (nSPS) is 10.6. The lowest BCUT2D eigenvalue weighted by molar-refractivity contribution is 0.0870. The molecule has 1 N–H and O–H groups in total. The molecular weight excluding hydrogens is 198 g/mol. The fourth-order valence-corrected chi connectivity index (χ4v) is 1.29. The van der Waals surface area contributed by atoms with Crippen LogP contribution in [0.5, 0.6) is 0 Å². The molecule has 14 heavy (non-hydrogen) atoms. The van der Waals surface area contributed by atoms with Gasteiger partial charge >= 0.3 is 0 Å². The molecule has 0 bridgehead atoms. The van der Waals surface area contributed by atoms with Crippen molar-refractivity contribution in [3.63, 3.8) is 0 Å². The van der Waals surface area contributed by atoms with Gasteiger partial charge in [0.05, 0.1) is 23.4 Å². The lowest BCUT2D eigenvalue weighted by Crippen LogP contribution is -2.13. The van der Waals surface area contributed by atoms with E-state index < -0.39 is 0 Å². The van der Waals surface area contributed by atoms with Crippen LogP contribution < -0.4 is 5.32 Å². The summed E-state index contributed by atoms with van der Waals surface area (Å²) in [5.41, 5.74) is 0.960. The van der Waals surface area contributed by atoms with Crippen molar-refractivity contribution < 1.29 is 4.74 Å². The van der Waals surface area contributed by atoms with Crippen molar-refractivity contribution in [2.75, 3.05) is 18.5 Å². The number of nitrogens with one attached hydrogen (secondary N) is 1. The highest BCUT2D eigenvalue weighted by Gasteiger charge is 1.97. The number of anilines is 1. The Labute approximate surface area is 90.2 Å². The Bertz CT molecular complexity index is 276. The van der Waals surface area contributed by atoms with Gasteiger partial charge in [0.25, 0.3) is 0 Å². The Balaban J connectivity index is 2.28. The molecule has 0 aliphatic rings. The molecule has 0 aliphatic heterocycles. The summed E-state index contributed by atoms with van der Waals surface area (Å²) in [5, 5.41) is 3.96. The quantitative estimate of drug-likeness (QED) is 0.759. The highest BCUT2D eigenvalue weighted by Crippen LogP contribution is 2.19. The molecule has 0 saturated heterocycles. The van der Waals surface area contributed by atoms with Crippen LogP contribution in [0.2, 0.25) is 5.02 Å². The molecule has 2 nitrogen and oxygen atoms in total. The molecule has 0 aliphatic carbocycles. The van der Waals surface area contributed by atoms with E-state index >= 15 is 0 Å². The van der Waals surface area contributed by atoms with Crippen LogP contribution in [-0.2, 0) is 4.74 Å². The Morgan fingerprint density at radius 3 is 2.71 bits per heavy atom. The average Bonchev–Trinajstić information content (AvgIpc) is 2.15. The van der Waals surface area contributed by atoms with Crippen molar-refractivity contribution >= 4 is 17.3 Å². The van der Waals surface area contributed by atoms with E-state index in [9.17, 15) is 0 Å². The van der Waals surface area contributed by atoms with E-state index in [1.165, 1.54) is 0 Å². The zero-order valence-electron chi connectivity index (χ0n) is 8.59. The first-order valence-corrected chi connectivity index (χ1v) is 5.18. The zero-order chi connectivity index (χ0) is 10.4. The van der Waals surface area contributed by atoms with Crippen molar-refractivity contribution in [3.8, 4) is 0 Å². The summed E-state index contributed by atoms with van der Waals surface area (Å²) in [5.74, 6) is 0. The summed E-state index contributed by atoms with van der Waals surface area (Å²) in [6.45, 7) is 5.52. The van der Waals surface area contributed by atoms with Gasteiger partial charge < -0.3 is 10.1 Å². The van der Waals surface area contributed by atoms with Gasteiger partial charge in [0.1, 0.15) is 0 Å². The average molecular weight is 214 g/mol. The van der Waals surface area contributed by atoms with Gasteiger partial charge in [-0.1, -0.05) is 23.7 Å². The van der Waals surface area contributed by atoms with Gasteiger partial charge in [-0.25, -0.2) is 0 Å². The maximum absolute atomic E-state index is 5.96. The topological polar surface area (TPSA) is 21.3 Å². The Morgan fingerprint density at radius 2 is 2.07 bits per heavy atom. The van der Waals surface area contributed by atoms with Gasteiger partial charge in [-0.3, -0.25) is 0 Å².